The van der Waals surface area contributed by atoms with Gasteiger partial charge < -0.3 is 0 Å². The molecule has 29 heavy (non-hydrogen) atoms. The molecule has 4 aromatic carbocycles. The van der Waals surface area contributed by atoms with Crippen LogP contribution in [0.4, 0.5) is 0 Å². The second-order valence-corrected chi connectivity index (χ2v) is 8.71. The molecule has 4 rings (SSSR count). The number of rotatable bonds is 4. The molecule has 0 aliphatic rings. The van der Waals surface area contributed by atoms with Gasteiger partial charge >= 0.3 is 0 Å². The van der Waals surface area contributed by atoms with Crippen molar-refractivity contribution < 1.29 is 9.00 Å². The fourth-order valence-electron chi connectivity index (χ4n) is 3.93. The molecule has 0 aliphatic carbocycles. The van der Waals surface area contributed by atoms with Crippen molar-refractivity contribution in [1.82, 2.24) is 0 Å². The van der Waals surface area contributed by atoms with E-state index in [4.69, 9.17) is 0 Å². The summed E-state index contributed by atoms with van der Waals surface area (Å²) in [5.41, 5.74) is 4.18. The van der Waals surface area contributed by atoms with Crippen LogP contribution >= 0.6 is 0 Å². The van der Waals surface area contributed by atoms with E-state index in [1.165, 1.54) is 0 Å². The highest BCUT2D eigenvalue weighted by Crippen LogP contribution is 2.33. The molecule has 144 valence electrons. The Morgan fingerprint density at radius 1 is 0.724 bits per heavy atom. The largest absolute Gasteiger partial charge is 0.289 e. The van der Waals surface area contributed by atoms with Crippen LogP contribution in [0, 0.1) is 20.8 Å². The summed E-state index contributed by atoms with van der Waals surface area (Å²) in [6.45, 7) is 6.00. The van der Waals surface area contributed by atoms with E-state index >= 15 is 0 Å². The van der Waals surface area contributed by atoms with Gasteiger partial charge in [-0.15, -0.1) is 0 Å². The highest BCUT2D eigenvalue weighted by atomic mass is 32.2. The molecule has 2 nitrogen and oxygen atoms in total. The first-order valence-electron chi connectivity index (χ1n) is 9.58. The molecular weight excluding hydrogens is 376 g/mol. The topological polar surface area (TPSA) is 34.1 Å². The van der Waals surface area contributed by atoms with Gasteiger partial charge in [0.2, 0.25) is 0 Å². The summed E-state index contributed by atoms with van der Waals surface area (Å²) in [5, 5.41) is 1.83. The van der Waals surface area contributed by atoms with Gasteiger partial charge in [-0.1, -0.05) is 78.4 Å². The maximum atomic E-state index is 13.9. The molecule has 3 heteroatoms. The van der Waals surface area contributed by atoms with Crippen molar-refractivity contribution in [2.24, 2.45) is 0 Å². The van der Waals surface area contributed by atoms with Crippen molar-refractivity contribution in [2.45, 2.75) is 30.6 Å². The Morgan fingerprint density at radius 3 is 2.03 bits per heavy atom. The zero-order valence-corrected chi connectivity index (χ0v) is 17.5. The van der Waals surface area contributed by atoms with Crippen LogP contribution in [-0.4, -0.2) is 9.99 Å². The molecule has 0 N–H and O–H groups in total. The zero-order valence-electron chi connectivity index (χ0n) is 16.7. The molecule has 0 heterocycles. The Kier molecular flexibility index (Phi) is 5.16. The van der Waals surface area contributed by atoms with Gasteiger partial charge in [-0.3, -0.25) is 4.79 Å². The summed E-state index contributed by atoms with van der Waals surface area (Å²) in [5.74, 6) is -0.109. The molecule has 4 aromatic rings. The smallest absolute Gasteiger partial charge is 0.194 e. The average molecular weight is 399 g/mol. The molecule has 0 fully saturated rings. The number of benzene rings is 4. The van der Waals surface area contributed by atoms with Crippen molar-refractivity contribution in [1.29, 1.82) is 0 Å². The Morgan fingerprint density at radius 2 is 1.34 bits per heavy atom. The van der Waals surface area contributed by atoms with Crippen LogP contribution < -0.4 is 0 Å². The van der Waals surface area contributed by atoms with E-state index in [2.05, 4.69) is 0 Å². The van der Waals surface area contributed by atoms with Gasteiger partial charge in [-0.25, -0.2) is 4.21 Å². The highest BCUT2D eigenvalue weighted by Gasteiger charge is 2.23. The summed E-state index contributed by atoms with van der Waals surface area (Å²) in [6.07, 6.45) is 0. The van der Waals surface area contributed by atoms with E-state index in [0.29, 0.717) is 16.0 Å². The summed E-state index contributed by atoms with van der Waals surface area (Å²) < 4.78 is 13.9. The Hall–Kier alpha value is -3.04. The molecule has 0 bridgehead atoms. The summed E-state index contributed by atoms with van der Waals surface area (Å²) in [4.78, 5) is 14.7. The van der Waals surface area contributed by atoms with Crippen LogP contribution in [0.15, 0.2) is 88.7 Å². The Labute approximate surface area is 173 Å². The van der Waals surface area contributed by atoms with Gasteiger partial charge in [0.05, 0.1) is 15.7 Å². The second kappa shape index (κ2) is 7.76. The molecule has 1 atom stereocenters. The maximum Gasteiger partial charge on any atom is 0.194 e. The first-order valence-corrected chi connectivity index (χ1v) is 10.7. The van der Waals surface area contributed by atoms with Crippen molar-refractivity contribution in [2.75, 3.05) is 0 Å². The molecule has 0 spiro atoms. The van der Waals surface area contributed by atoms with Crippen LogP contribution in [0.25, 0.3) is 10.8 Å². The van der Waals surface area contributed by atoms with Crippen molar-refractivity contribution in [3.63, 3.8) is 0 Å². The van der Waals surface area contributed by atoms with E-state index < -0.39 is 10.8 Å². The molecule has 0 amide bonds. The summed E-state index contributed by atoms with van der Waals surface area (Å²) in [6, 6.07) is 24.8. The third-order valence-corrected chi connectivity index (χ3v) is 6.96. The SMILES string of the molecule is Cc1cc(C)c(S(=O)c2c(C(=O)c3ccccc3)ccc3ccccc23)c(C)c1. The molecule has 0 saturated heterocycles. The predicted molar refractivity (Wildman–Crippen MR) is 119 cm³/mol. The van der Waals surface area contributed by atoms with Gasteiger partial charge in [0.15, 0.2) is 5.78 Å². The van der Waals surface area contributed by atoms with Gasteiger partial charge in [-0.2, -0.15) is 0 Å². The minimum absolute atomic E-state index is 0.109. The standard InChI is InChI=1S/C26H22O2S/c1-17-15-18(2)25(19(3)16-17)29(28)26-22-12-8-7-9-20(22)13-14-23(26)24(27)21-10-5-4-6-11-21/h4-16H,1-3H3. The Bertz CT molecular complexity index is 1230. The Balaban J connectivity index is 2.00. The molecule has 1 unspecified atom stereocenters. The van der Waals surface area contributed by atoms with E-state index in [9.17, 15) is 9.00 Å². The van der Waals surface area contributed by atoms with Crippen LogP contribution in [-0.2, 0) is 10.8 Å². The van der Waals surface area contributed by atoms with E-state index in [1.807, 2.05) is 87.5 Å². The number of fused-ring (bicyclic) bond motifs is 1. The molecular formula is C26H22O2S. The van der Waals surface area contributed by atoms with Crippen LogP contribution in [0.2, 0.25) is 0 Å². The molecule has 0 radical (unpaired) electrons. The first kappa shape index (κ1) is 19.3. The van der Waals surface area contributed by atoms with Gasteiger partial charge in [-0.05, 0) is 48.7 Å². The van der Waals surface area contributed by atoms with E-state index in [-0.39, 0.29) is 5.78 Å². The van der Waals surface area contributed by atoms with Crippen LogP contribution in [0.5, 0.6) is 0 Å². The van der Waals surface area contributed by atoms with Gasteiger partial charge in [0, 0.05) is 16.0 Å². The highest BCUT2D eigenvalue weighted by molar-refractivity contribution is 7.85. The fourth-order valence-corrected chi connectivity index (χ4v) is 5.58. The zero-order chi connectivity index (χ0) is 20.5. The number of ketones is 1. The first-order chi connectivity index (χ1) is 14.0. The third kappa shape index (κ3) is 3.54. The minimum atomic E-state index is -1.48. The number of hydrogen-bond acceptors (Lipinski definition) is 2. The summed E-state index contributed by atoms with van der Waals surface area (Å²) >= 11 is 0. The lowest BCUT2D eigenvalue weighted by molar-refractivity contribution is 0.103. The lowest BCUT2D eigenvalue weighted by atomic mass is 10.00. The number of aryl methyl sites for hydroxylation is 3. The van der Waals surface area contributed by atoms with Gasteiger partial charge in [0.1, 0.15) is 0 Å². The minimum Gasteiger partial charge on any atom is -0.289 e. The quantitative estimate of drug-likeness (QED) is 0.386. The van der Waals surface area contributed by atoms with Crippen molar-refractivity contribution in [3.8, 4) is 0 Å². The second-order valence-electron chi connectivity index (χ2n) is 7.36. The summed E-state index contributed by atoms with van der Waals surface area (Å²) in [7, 11) is -1.48. The monoisotopic (exact) mass is 398 g/mol. The van der Waals surface area contributed by atoms with Crippen molar-refractivity contribution >= 4 is 27.4 Å². The van der Waals surface area contributed by atoms with Gasteiger partial charge in [0.25, 0.3) is 0 Å². The van der Waals surface area contributed by atoms with Crippen LogP contribution in [0.1, 0.15) is 32.6 Å². The maximum absolute atomic E-state index is 13.9. The molecule has 0 aliphatic heterocycles. The van der Waals surface area contributed by atoms with Crippen LogP contribution in [0.3, 0.4) is 0 Å². The fraction of sp³-hybridized carbons (Fsp3) is 0.115. The molecule has 0 saturated carbocycles. The lowest BCUT2D eigenvalue weighted by Gasteiger charge is -2.16. The lowest BCUT2D eigenvalue weighted by Crippen LogP contribution is -2.09. The third-order valence-electron chi connectivity index (χ3n) is 5.14. The normalized spacial score (nSPS) is 12.1. The number of carbonyl (C=O) groups excluding carboxylic acids is 1. The number of carbonyl (C=O) groups is 1. The molecule has 0 aromatic heterocycles. The average Bonchev–Trinajstić information content (AvgIpc) is 2.72. The van der Waals surface area contributed by atoms with Crippen molar-refractivity contribution in [3.05, 3.63) is 107 Å². The van der Waals surface area contributed by atoms with E-state index in [1.54, 1.807) is 12.1 Å². The predicted octanol–water partition coefficient (Wildman–Crippen LogP) is 6.16. The number of hydrogen-bond donors (Lipinski definition) is 0. The van der Waals surface area contributed by atoms with E-state index in [0.717, 1.165) is 32.4 Å².